The Morgan fingerprint density at radius 2 is 2.06 bits per heavy atom. The summed E-state index contributed by atoms with van der Waals surface area (Å²) >= 11 is 0. The number of nitrogens with one attached hydrogen (secondary N) is 2. The van der Waals surface area contributed by atoms with Crippen LogP contribution in [-0.4, -0.2) is 68.2 Å². The smallest absolute Gasteiger partial charge is 0.326 e. The molecule has 2 aliphatic rings. The predicted octanol–water partition coefficient (Wildman–Crippen LogP) is -0.761. The van der Waals surface area contributed by atoms with Gasteiger partial charge in [0.25, 0.3) is 5.62 Å². The van der Waals surface area contributed by atoms with Gasteiger partial charge in [-0.2, -0.15) is 19.6 Å². The normalized spacial score (nSPS) is 18.4. The van der Waals surface area contributed by atoms with Crippen LogP contribution >= 0.6 is 0 Å². The van der Waals surface area contributed by atoms with Crippen molar-refractivity contribution in [2.75, 3.05) is 13.1 Å². The molecule has 6 rings (SSSR count). The highest BCUT2D eigenvalue weighted by atomic mass is 16.3. The molecule has 0 unspecified atom stereocenters. The van der Waals surface area contributed by atoms with E-state index in [0.717, 1.165) is 38.2 Å². The Balaban J connectivity index is 1.46. The monoisotopic (exact) mass is 434 g/mol. The van der Waals surface area contributed by atoms with Crippen LogP contribution in [0.3, 0.4) is 0 Å². The molecule has 1 aliphatic heterocycles. The minimum absolute atomic E-state index is 0.243. The number of hydrogen-bond acceptors (Lipinski definition) is 8. The first kappa shape index (κ1) is 18.9. The van der Waals surface area contributed by atoms with E-state index in [1.54, 1.807) is 27.7 Å². The van der Waals surface area contributed by atoms with E-state index in [4.69, 9.17) is 9.98 Å². The number of imidazole rings is 2. The number of nitrogens with zero attached hydrogens (tertiary/aromatic N) is 8. The molecule has 164 valence electrons. The van der Waals surface area contributed by atoms with Crippen molar-refractivity contribution < 1.29 is 5.11 Å². The van der Waals surface area contributed by atoms with Gasteiger partial charge in [-0.3, -0.25) is 14.5 Å². The molecule has 4 aromatic heterocycles. The van der Waals surface area contributed by atoms with Crippen LogP contribution in [-0.2, 0) is 6.54 Å². The molecule has 12 nitrogen and oxygen atoms in total. The summed E-state index contributed by atoms with van der Waals surface area (Å²) in [6, 6.07) is 0.246. The van der Waals surface area contributed by atoms with Gasteiger partial charge in [0.05, 0.1) is 17.9 Å². The summed E-state index contributed by atoms with van der Waals surface area (Å²) in [6.45, 7) is 3.01. The first-order valence-electron chi connectivity index (χ1n) is 10.7. The standard InChI is InChI=1S/C20H22N10O2/c31-17-15(24-20(32)26-17)7-12-8-22-30-16(12)25-18(27-19(30)23-13-3-4-13)29-10-14(21-11-29)9-28-5-1-2-6-28/h7-8,10-11,13,31H,1-6,9H2,(H2,24,26,32)/b12-7-,23-19?. The van der Waals surface area contributed by atoms with Gasteiger partial charge in [0.15, 0.2) is 5.65 Å². The molecule has 1 saturated heterocycles. The van der Waals surface area contributed by atoms with Gasteiger partial charge >= 0.3 is 5.69 Å². The van der Waals surface area contributed by atoms with Gasteiger partial charge in [-0.15, -0.1) is 0 Å². The maximum atomic E-state index is 11.5. The lowest BCUT2D eigenvalue weighted by molar-refractivity contribution is 0.327. The molecule has 0 amide bonds. The number of H-pyrrole nitrogens is 2. The summed E-state index contributed by atoms with van der Waals surface area (Å²) in [5.74, 6) is 0.201. The highest BCUT2D eigenvalue weighted by Crippen LogP contribution is 2.22. The SMILES string of the molecule is O=c1[nH]c(O)c(/C=c2/cnn3c(=NC4CC4)nc(-n4cnc(CN5CCCC5)c4)nc23)[nH]1. The second-order valence-electron chi connectivity index (χ2n) is 8.26. The van der Waals surface area contributed by atoms with Crippen molar-refractivity contribution in [1.29, 1.82) is 0 Å². The molecule has 0 atom stereocenters. The van der Waals surface area contributed by atoms with E-state index >= 15 is 0 Å². The Bertz CT molecular complexity index is 1470. The Hall–Kier alpha value is -3.80. The van der Waals surface area contributed by atoms with Crippen molar-refractivity contribution in [1.82, 2.24) is 44.0 Å². The quantitative estimate of drug-likeness (QED) is 0.374. The molecule has 0 bridgehead atoms. The minimum atomic E-state index is -0.492. The fourth-order valence-electron chi connectivity index (χ4n) is 3.91. The van der Waals surface area contributed by atoms with Crippen LogP contribution in [0.5, 0.6) is 5.88 Å². The Labute approximate surface area is 181 Å². The number of aromatic hydroxyl groups is 1. The third-order valence-corrected chi connectivity index (χ3v) is 5.70. The highest BCUT2D eigenvalue weighted by molar-refractivity contribution is 5.56. The van der Waals surface area contributed by atoms with Gasteiger partial charge < -0.3 is 10.1 Å². The Kier molecular flexibility index (Phi) is 4.38. The molecular weight excluding hydrogens is 412 g/mol. The molecule has 0 spiro atoms. The fraction of sp³-hybridized carbons (Fsp3) is 0.400. The Morgan fingerprint density at radius 3 is 2.81 bits per heavy atom. The lowest BCUT2D eigenvalue weighted by Gasteiger charge is -2.11. The molecule has 0 aromatic carbocycles. The van der Waals surface area contributed by atoms with Crippen molar-refractivity contribution in [2.45, 2.75) is 38.3 Å². The topological polar surface area (TPSA) is 145 Å². The van der Waals surface area contributed by atoms with Crippen molar-refractivity contribution in [3.8, 4) is 11.8 Å². The van der Waals surface area contributed by atoms with Crippen LogP contribution < -0.4 is 16.5 Å². The van der Waals surface area contributed by atoms with Gasteiger partial charge in [-0.1, -0.05) is 0 Å². The zero-order chi connectivity index (χ0) is 21.7. The number of likely N-dealkylation sites (tertiary alicyclic amines) is 1. The van der Waals surface area contributed by atoms with Gasteiger partial charge in [-0.25, -0.2) is 14.8 Å². The zero-order valence-corrected chi connectivity index (χ0v) is 17.3. The van der Waals surface area contributed by atoms with E-state index in [0.29, 0.717) is 22.4 Å². The summed E-state index contributed by atoms with van der Waals surface area (Å²) in [4.78, 5) is 37.3. The molecular formula is C20H22N10O2. The number of hydrogen-bond donors (Lipinski definition) is 3. The zero-order valence-electron chi connectivity index (χ0n) is 17.3. The first-order valence-corrected chi connectivity index (χ1v) is 10.7. The molecule has 32 heavy (non-hydrogen) atoms. The molecule has 0 radical (unpaired) electrons. The van der Waals surface area contributed by atoms with E-state index in [1.165, 1.54) is 12.8 Å². The maximum absolute atomic E-state index is 11.5. The second kappa shape index (κ2) is 7.41. The highest BCUT2D eigenvalue weighted by Gasteiger charge is 2.21. The van der Waals surface area contributed by atoms with Crippen molar-refractivity contribution in [3.05, 3.63) is 51.4 Å². The molecule has 12 heteroatoms. The van der Waals surface area contributed by atoms with E-state index < -0.39 is 5.69 Å². The average Bonchev–Trinajstić information content (AvgIpc) is 3.17. The van der Waals surface area contributed by atoms with Gasteiger partial charge in [0.2, 0.25) is 11.8 Å². The predicted molar refractivity (Wildman–Crippen MR) is 113 cm³/mol. The number of aromatic amines is 2. The van der Waals surface area contributed by atoms with Crippen LogP contribution in [0.1, 0.15) is 37.1 Å². The molecule has 1 saturated carbocycles. The van der Waals surface area contributed by atoms with Gasteiger partial charge in [0, 0.05) is 18.0 Å². The van der Waals surface area contributed by atoms with Crippen molar-refractivity contribution in [3.63, 3.8) is 0 Å². The van der Waals surface area contributed by atoms with Gasteiger partial charge in [-0.05, 0) is 44.8 Å². The summed E-state index contributed by atoms with van der Waals surface area (Å²) in [7, 11) is 0. The number of aromatic nitrogens is 8. The maximum Gasteiger partial charge on any atom is 0.326 e. The first-order chi connectivity index (χ1) is 15.6. The largest absolute Gasteiger partial charge is 0.493 e. The molecule has 4 aromatic rings. The van der Waals surface area contributed by atoms with E-state index in [9.17, 15) is 9.90 Å². The lowest BCUT2D eigenvalue weighted by Crippen LogP contribution is -2.25. The van der Waals surface area contributed by atoms with Crippen LogP contribution in [0, 0.1) is 0 Å². The summed E-state index contributed by atoms with van der Waals surface area (Å²) in [6.07, 6.45) is 11.4. The van der Waals surface area contributed by atoms with E-state index in [2.05, 4.69) is 29.9 Å². The summed E-state index contributed by atoms with van der Waals surface area (Å²) in [5.41, 5.74) is 1.71. The third-order valence-electron chi connectivity index (χ3n) is 5.70. The number of rotatable bonds is 5. The third kappa shape index (κ3) is 3.58. The van der Waals surface area contributed by atoms with Crippen LogP contribution in [0.25, 0.3) is 17.7 Å². The molecule has 5 heterocycles. The van der Waals surface area contributed by atoms with Crippen molar-refractivity contribution in [2.24, 2.45) is 4.99 Å². The Morgan fingerprint density at radius 1 is 1.22 bits per heavy atom. The molecule has 3 N–H and O–H groups in total. The van der Waals surface area contributed by atoms with E-state index in [-0.39, 0.29) is 17.6 Å². The summed E-state index contributed by atoms with van der Waals surface area (Å²) < 4.78 is 3.38. The molecule has 2 fully saturated rings. The molecule has 1 aliphatic carbocycles. The van der Waals surface area contributed by atoms with Crippen LogP contribution in [0.15, 0.2) is 28.5 Å². The lowest BCUT2D eigenvalue weighted by atomic mass is 10.3. The second-order valence-corrected chi connectivity index (χ2v) is 8.26. The number of fused-ring (bicyclic) bond motifs is 1. The minimum Gasteiger partial charge on any atom is -0.493 e. The van der Waals surface area contributed by atoms with Gasteiger partial charge in [0.1, 0.15) is 12.0 Å². The average molecular weight is 434 g/mol. The fourth-order valence-corrected chi connectivity index (χ4v) is 3.91. The van der Waals surface area contributed by atoms with Crippen LogP contribution in [0.4, 0.5) is 0 Å². The van der Waals surface area contributed by atoms with Crippen molar-refractivity contribution >= 4 is 11.7 Å². The van der Waals surface area contributed by atoms with E-state index in [1.807, 2.05) is 6.20 Å². The summed E-state index contributed by atoms with van der Waals surface area (Å²) in [5, 5.41) is 14.9. The van der Waals surface area contributed by atoms with Crippen LogP contribution in [0.2, 0.25) is 0 Å².